The van der Waals surface area contributed by atoms with Gasteiger partial charge in [0.1, 0.15) is 24.0 Å². The maximum absolute atomic E-state index is 14.0. The fourth-order valence-electron chi connectivity index (χ4n) is 4.22. The lowest BCUT2D eigenvalue weighted by Crippen LogP contribution is -2.71. The first-order valence-corrected chi connectivity index (χ1v) is 10.1. The molecule has 5 nitrogen and oxygen atoms in total. The number of anilines is 2. The summed E-state index contributed by atoms with van der Waals surface area (Å²) in [7, 11) is 0. The second-order valence-corrected chi connectivity index (χ2v) is 7.71. The van der Waals surface area contributed by atoms with Crippen LogP contribution in [0.4, 0.5) is 20.2 Å². The van der Waals surface area contributed by atoms with E-state index in [2.05, 4.69) is 5.32 Å². The Bertz CT molecular complexity index is 1270. The molecule has 1 atom stereocenters. The SMILES string of the molecule is O=C1CC(C(=O)Nc2cccc(F)c2)(C2=Cc3ccccc3OC2)N1c1cccc(F)c1. The molecule has 0 radical (unpaired) electrons. The lowest BCUT2D eigenvalue weighted by Gasteiger charge is -2.52. The Morgan fingerprint density at radius 2 is 1.72 bits per heavy atom. The number of benzene rings is 3. The van der Waals surface area contributed by atoms with E-state index in [0.717, 1.165) is 5.56 Å². The predicted octanol–water partition coefficient (Wildman–Crippen LogP) is 4.56. The van der Waals surface area contributed by atoms with Crippen LogP contribution in [-0.4, -0.2) is 24.0 Å². The van der Waals surface area contributed by atoms with Crippen molar-refractivity contribution in [3.05, 3.63) is 95.6 Å². The number of hydrogen-bond acceptors (Lipinski definition) is 3. The number of ether oxygens (including phenoxy) is 1. The van der Waals surface area contributed by atoms with Crippen LogP contribution in [0.3, 0.4) is 0 Å². The smallest absolute Gasteiger partial charge is 0.255 e. The summed E-state index contributed by atoms with van der Waals surface area (Å²) >= 11 is 0. The molecule has 7 heteroatoms. The number of hydrogen-bond donors (Lipinski definition) is 1. The van der Waals surface area contributed by atoms with Gasteiger partial charge in [-0.2, -0.15) is 0 Å². The Hall–Kier alpha value is -4.00. The van der Waals surface area contributed by atoms with E-state index in [-0.39, 0.29) is 30.3 Å². The van der Waals surface area contributed by atoms with E-state index in [1.165, 1.54) is 41.3 Å². The van der Waals surface area contributed by atoms with Crippen molar-refractivity contribution in [1.82, 2.24) is 0 Å². The second kappa shape index (κ2) is 7.60. The van der Waals surface area contributed by atoms with Crippen molar-refractivity contribution in [2.75, 3.05) is 16.8 Å². The molecule has 1 saturated heterocycles. The van der Waals surface area contributed by atoms with Crippen LogP contribution in [-0.2, 0) is 9.59 Å². The van der Waals surface area contributed by atoms with Gasteiger partial charge in [-0.1, -0.05) is 30.3 Å². The summed E-state index contributed by atoms with van der Waals surface area (Å²) in [5.74, 6) is -1.22. The van der Waals surface area contributed by atoms with E-state index in [9.17, 15) is 18.4 Å². The molecule has 0 aromatic heterocycles. The highest BCUT2D eigenvalue weighted by atomic mass is 19.1. The highest BCUT2D eigenvalue weighted by Crippen LogP contribution is 2.45. The van der Waals surface area contributed by atoms with Crippen molar-refractivity contribution in [2.45, 2.75) is 12.0 Å². The molecule has 1 N–H and O–H groups in total. The molecule has 32 heavy (non-hydrogen) atoms. The van der Waals surface area contributed by atoms with Gasteiger partial charge in [0, 0.05) is 22.5 Å². The predicted molar refractivity (Wildman–Crippen MR) is 116 cm³/mol. The number of β-lactam (4-membered cyclic amide) rings is 1. The highest BCUT2D eigenvalue weighted by Gasteiger charge is 2.60. The molecule has 2 aliphatic heterocycles. The quantitative estimate of drug-likeness (QED) is 0.615. The Kier molecular flexibility index (Phi) is 4.74. The van der Waals surface area contributed by atoms with Gasteiger partial charge in [-0.05, 0) is 48.5 Å². The minimum Gasteiger partial charge on any atom is -0.489 e. The average Bonchev–Trinajstić information content (AvgIpc) is 2.77. The van der Waals surface area contributed by atoms with Crippen molar-refractivity contribution in [3.8, 4) is 5.75 Å². The molecule has 3 aromatic carbocycles. The average molecular weight is 432 g/mol. The number of rotatable bonds is 4. The Morgan fingerprint density at radius 1 is 0.969 bits per heavy atom. The fourth-order valence-corrected chi connectivity index (χ4v) is 4.22. The Labute approximate surface area is 182 Å². The Morgan fingerprint density at radius 3 is 2.47 bits per heavy atom. The maximum Gasteiger partial charge on any atom is 0.255 e. The largest absolute Gasteiger partial charge is 0.489 e. The summed E-state index contributed by atoms with van der Waals surface area (Å²) in [5.41, 5.74) is 0.394. The molecule has 0 aliphatic carbocycles. The molecular formula is C25H18F2N2O3. The number of halogens is 2. The lowest BCUT2D eigenvalue weighted by atomic mass is 9.74. The maximum atomic E-state index is 14.0. The normalized spacial score (nSPS) is 19.4. The molecule has 0 bridgehead atoms. The summed E-state index contributed by atoms with van der Waals surface area (Å²) in [6.45, 7) is 0.0761. The summed E-state index contributed by atoms with van der Waals surface area (Å²) in [6, 6.07) is 18.4. The van der Waals surface area contributed by atoms with E-state index < -0.39 is 23.1 Å². The van der Waals surface area contributed by atoms with Gasteiger partial charge in [0.25, 0.3) is 5.91 Å². The van der Waals surface area contributed by atoms with Crippen molar-refractivity contribution in [1.29, 1.82) is 0 Å². The number of para-hydroxylation sites is 1. The number of carbonyl (C=O) groups is 2. The van der Waals surface area contributed by atoms with Crippen molar-refractivity contribution < 1.29 is 23.1 Å². The first-order valence-electron chi connectivity index (χ1n) is 10.1. The van der Waals surface area contributed by atoms with Crippen molar-refractivity contribution in [3.63, 3.8) is 0 Å². The number of amides is 2. The number of carbonyl (C=O) groups excluding carboxylic acids is 2. The molecule has 0 saturated carbocycles. The fraction of sp³-hybridized carbons (Fsp3) is 0.120. The third-order valence-electron chi connectivity index (χ3n) is 5.73. The molecule has 0 spiro atoms. The van der Waals surface area contributed by atoms with Crippen LogP contribution in [0.2, 0.25) is 0 Å². The Balaban J connectivity index is 1.62. The molecule has 2 aliphatic rings. The molecule has 3 aromatic rings. The number of nitrogens with one attached hydrogen (secondary N) is 1. The number of nitrogens with zero attached hydrogens (tertiary/aromatic N) is 1. The molecule has 160 valence electrons. The topological polar surface area (TPSA) is 58.6 Å². The zero-order chi connectivity index (χ0) is 22.3. The lowest BCUT2D eigenvalue weighted by molar-refractivity contribution is -0.135. The zero-order valence-corrected chi connectivity index (χ0v) is 16.8. The zero-order valence-electron chi connectivity index (χ0n) is 16.8. The van der Waals surface area contributed by atoms with Gasteiger partial charge in [0.15, 0.2) is 5.54 Å². The van der Waals surface area contributed by atoms with E-state index in [4.69, 9.17) is 4.74 Å². The van der Waals surface area contributed by atoms with Gasteiger partial charge in [-0.3, -0.25) is 14.5 Å². The van der Waals surface area contributed by atoms with Gasteiger partial charge in [0.05, 0.1) is 6.42 Å². The van der Waals surface area contributed by atoms with Gasteiger partial charge in [-0.15, -0.1) is 0 Å². The van der Waals surface area contributed by atoms with Crippen molar-refractivity contribution in [2.24, 2.45) is 0 Å². The van der Waals surface area contributed by atoms with Crippen LogP contribution < -0.4 is 15.0 Å². The summed E-state index contributed by atoms with van der Waals surface area (Å²) in [4.78, 5) is 27.7. The van der Waals surface area contributed by atoms with Crippen LogP contribution in [0.25, 0.3) is 6.08 Å². The minimum atomic E-state index is -1.44. The van der Waals surface area contributed by atoms with E-state index in [1.807, 2.05) is 30.3 Å². The van der Waals surface area contributed by atoms with Crippen LogP contribution in [0.1, 0.15) is 12.0 Å². The van der Waals surface area contributed by atoms with Gasteiger partial charge in [0.2, 0.25) is 5.91 Å². The summed E-state index contributed by atoms with van der Waals surface area (Å²) in [5, 5.41) is 2.72. The minimum absolute atomic E-state index is 0.0761. The van der Waals surface area contributed by atoms with E-state index in [0.29, 0.717) is 11.3 Å². The summed E-state index contributed by atoms with van der Waals surface area (Å²) in [6.07, 6.45) is 1.70. The van der Waals surface area contributed by atoms with Gasteiger partial charge >= 0.3 is 0 Å². The van der Waals surface area contributed by atoms with Crippen LogP contribution >= 0.6 is 0 Å². The van der Waals surface area contributed by atoms with Crippen molar-refractivity contribution >= 4 is 29.3 Å². The van der Waals surface area contributed by atoms with Gasteiger partial charge < -0.3 is 10.1 Å². The molecule has 2 amide bonds. The highest BCUT2D eigenvalue weighted by molar-refractivity contribution is 6.19. The monoisotopic (exact) mass is 432 g/mol. The van der Waals surface area contributed by atoms with E-state index >= 15 is 0 Å². The second-order valence-electron chi connectivity index (χ2n) is 7.71. The van der Waals surface area contributed by atoms with Crippen LogP contribution in [0, 0.1) is 11.6 Å². The van der Waals surface area contributed by atoms with E-state index in [1.54, 1.807) is 12.1 Å². The molecular weight excluding hydrogens is 414 g/mol. The third kappa shape index (κ3) is 3.22. The first kappa shape index (κ1) is 19.9. The molecule has 2 heterocycles. The first-order chi connectivity index (χ1) is 15.5. The molecule has 1 fully saturated rings. The third-order valence-corrected chi connectivity index (χ3v) is 5.73. The van der Waals surface area contributed by atoms with Crippen LogP contribution in [0.5, 0.6) is 5.75 Å². The van der Waals surface area contributed by atoms with Gasteiger partial charge in [-0.25, -0.2) is 8.78 Å². The number of fused-ring (bicyclic) bond motifs is 1. The molecule has 5 rings (SSSR count). The summed E-state index contributed by atoms with van der Waals surface area (Å²) < 4.78 is 33.5. The van der Waals surface area contributed by atoms with Crippen LogP contribution in [0.15, 0.2) is 78.4 Å². The molecule has 1 unspecified atom stereocenters. The standard InChI is InChI=1S/C25H18F2N2O3/c26-18-6-3-8-20(12-18)28-24(31)25(17-11-16-5-1-2-10-22(16)32-15-17)14-23(30)29(25)21-9-4-7-19(27)13-21/h1-13H,14-15H2,(H,28,31).